The van der Waals surface area contributed by atoms with Gasteiger partial charge in [-0.3, -0.25) is 4.98 Å². The molecule has 2 rings (SSSR count). The van der Waals surface area contributed by atoms with Gasteiger partial charge in [-0.25, -0.2) is 0 Å². The highest BCUT2D eigenvalue weighted by atomic mass is 35.5. The summed E-state index contributed by atoms with van der Waals surface area (Å²) in [5.41, 5.74) is -0.0890. The summed E-state index contributed by atoms with van der Waals surface area (Å²) in [7, 11) is 0. The monoisotopic (exact) mass is 249 g/mol. The number of pyridine rings is 1. The molecule has 1 fully saturated rings. The summed E-state index contributed by atoms with van der Waals surface area (Å²) >= 11 is 5.86. The van der Waals surface area contributed by atoms with Gasteiger partial charge in [0.25, 0.3) is 0 Å². The Hall–Kier alpha value is -0.770. The predicted molar refractivity (Wildman–Crippen MR) is 55.2 cm³/mol. The lowest BCUT2D eigenvalue weighted by molar-refractivity contribution is -0.186. The van der Waals surface area contributed by atoms with E-state index in [0.29, 0.717) is 12.8 Å². The number of rotatable bonds is 2. The standard InChI is InChI=1S/C11H11ClF3N/c12-10(11(13,14)15,8-4-3-5-8)9-6-1-2-7-16-9/h1-2,6-8H,3-5H2. The lowest BCUT2D eigenvalue weighted by Gasteiger charge is -2.41. The van der Waals surface area contributed by atoms with E-state index in [1.807, 2.05) is 0 Å². The van der Waals surface area contributed by atoms with Crippen molar-refractivity contribution in [2.24, 2.45) is 5.92 Å². The van der Waals surface area contributed by atoms with E-state index in [-0.39, 0.29) is 5.69 Å². The molecular weight excluding hydrogens is 239 g/mol. The van der Waals surface area contributed by atoms with Crippen LogP contribution in [0, 0.1) is 5.92 Å². The van der Waals surface area contributed by atoms with Crippen molar-refractivity contribution in [1.82, 2.24) is 4.98 Å². The molecule has 16 heavy (non-hydrogen) atoms. The molecule has 0 N–H and O–H groups in total. The van der Waals surface area contributed by atoms with E-state index in [2.05, 4.69) is 4.98 Å². The zero-order valence-corrected chi connectivity index (χ0v) is 9.22. The largest absolute Gasteiger partial charge is 0.413 e. The highest BCUT2D eigenvalue weighted by Gasteiger charge is 2.61. The van der Waals surface area contributed by atoms with Crippen LogP contribution in [-0.4, -0.2) is 11.2 Å². The fourth-order valence-corrected chi connectivity index (χ4v) is 2.30. The molecule has 1 aromatic rings. The van der Waals surface area contributed by atoms with Gasteiger partial charge in [0, 0.05) is 6.20 Å². The summed E-state index contributed by atoms with van der Waals surface area (Å²) < 4.78 is 39.3. The summed E-state index contributed by atoms with van der Waals surface area (Å²) in [6.07, 6.45) is -1.29. The first-order valence-corrected chi connectivity index (χ1v) is 5.51. The Morgan fingerprint density at radius 1 is 1.25 bits per heavy atom. The molecule has 5 heteroatoms. The normalized spacial score (nSPS) is 21.2. The maximum Gasteiger partial charge on any atom is 0.413 e. The highest BCUT2D eigenvalue weighted by Crippen LogP contribution is 2.55. The molecule has 1 aliphatic carbocycles. The van der Waals surface area contributed by atoms with E-state index in [4.69, 9.17) is 11.6 Å². The Morgan fingerprint density at radius 2 is 1.94 bits per heavy atom. The van der Waals surface area contributed by atoms with Gasteiger partial charge in [-0.15, -0.1) is 11.6 Å². The van der Waals surface area contributed by atoms with Crippen LogP contribution in [-0.2, 0) is 4.87 Å². The minimum atomic E-state index is -4.46. The molecule has 0 aromatic carbocycles. The average Bonchev–Trinajstić information content (AvgIpc) is 2.14. The maximum atomic E-state index is 13.1. The van der Waals surface area contributed by atoms with Gasteiger partial charge >= 0.3 is 6.18 Å². The molecule has 1 saturated carbocycles. The van der Waals surface area contributed by atoms with Gasteiger partial charge in [-0.2, -0.15) is 13.2 Å². The van der Waals surface area contributed by atoms with E-state index >= 15 is 0 Å². The topological polar surface area (TPSA) is 12.9 Å². The van der Waals surface area contributed by atoms with Crippen molar-refractivity contribution < 1.29 is 13.2 Å². The van der Waals surface area contributed by atoms with Gasteiger partial charge in [-0.1, -0.05) is 12.5 Å². The van der Waals surface area contributed by atoms with Crippen LogP contribution in [0.2, 0.25) is 0 Å². The molecule has 1 aliphatic rings. The first-order chi connectivity index (χ1) is 7.46. The van der Waals surface area contributed by atoms with Crippen molar-refractivity contribution in [1.29, 1.82) is 0 Å². The number of alkyl halides is 4. The minimum absolute atomic E-state index is 0.0890. The van der Waals surface area contributed by atoms with Gasteiger partial charge in [0.05, 0.1) is 5.69 Å². The Balaban J connectivity index is 2.42. The van der Waals surface area contributed by atoms with Gasteiger partial charge in [0.15, 0.2) is 4.87 Å². The van der Waals surface area contributed by atoms with Gasteiger partial charge in [0.1, 0.15) is 0 Å². The first-order valence-electron chi connectivity index (χ1n) is 5.13. The van der Waals surface area contributed by atoms with Gasteiger partial charge in [0.2, 0.25) is 0 Å². The van der Waals surface area contributed by atoms with Crippen LogP contribution in [0.3, 0.4) is 0 Å². The molecule has 1 aromatic heterocycles. The van der Waals surface area contributed by atoms with Crippen molar-refractivity contribution in [3.05, 3.63) is 30.1 Å². The van der Waals surface area contributed by atoms with Crippen LogP contribution in [0.5, 0.6) is 0 Å². The van der Waals surface area contributed by atoms with Crippen LogP contribution in [0.1, 0.15) is 25.0 Å². The average molecular weight is 250 g/mol. The smallest absolute Gasteiger partial charge is 0.259 e. The lowest BCUT2D eigenvalue weighted by Crippen LogP contribution is -2.47. The van der Waals surface area contributed by atoms with E-state index in [1.54, 1.807) is 6.07 Å². The number of hydrogen-bond acceptors (Lipinski definition) is 1. The molecule has 0 spiro atoms. The SMILES string of the molecule is FC(F)(F)C(Cl)(c1ccccn1)C1CCC1. The fourth-order valence-electron chi connectivity index (χ4n) is 1.97. The van der Waals surface area contributed by atoms with E-state index < -0.39 is 17.0 Å². The third kappa shape index (κ3) is 1.69. The molecule has 1 nitrogen and oxygen atoms in total. The number of aromatic nitrogens is 1. The zero-order valence-electron chi connectivity index (χ0n) is 8.47. The van der Waals surface area contributed by atoms with E-state index in [0.717, 1.165) is 6.42 Å². The second-order valence-electron chi connectivity index (χ2n) is 4.05. The quantitative estimate of drug-likeness (QED) is 0.725. The number of halogens is 4. The second kappa shape index (κ2) is 3.91. The van der Waals surface area contributed by atoms with Crippen LogP contribution in [0.25, 0.3) is 0 Å². The number of nitrogens with zero attached hydrogens (tertiary/aromatic N) is 1. The Bertz CT molecular complexity index is 361. The third-order valence-electron chi connectivity index (χ3n) is 3.12. The van der Waals surface area contributed by atoms with Crippen molar-refractivity contribution in [2.75, 3.05) is 0 Å². The lowest BCUT2D eigenvalue weighted by atomic mass is 9.73. The molecule has 0 amide bonds. The predicted octanol–water partition coefficient (Wildman–Crippen LogP) is 3.88. The molecule has 88 valence electrons. The summed E-state index contributed by atoms with van der Waals surface area (Å²) in [4.78, 5) is 1.46. The van der Waals surface area contributed by atoms with Crippen molar-refractivity contribution in [3.8, 4) is 0 Å². The second-order valence-corrected chi connectivity index (χ2v) is 4.65. The zero-order chi connectivity index (χ0) is 11.8. The van der Waals surface area contributed by atoms with E-state index in [9.17, 15) is 13.2 Å². The maximum absolute atomic E-state index is 13.1. The molecular formula is C11H11ClF3N. The summed E-state index contributed by atoms with van der Waals surface area (Å²) in [6, 6.07) is 4.46. The fraction of sp³-hybridized carbons (Fsp3) is 0.545. The molecule has 0 aliphatic heterocycles. The highest BCUT2D eigenvalue weighted by molar-refractivity contribution is 6.24. The third-order valence-corrected chi connectivity index (χ3v) is 3.83. The Labute approximate surface area is 96.6 Å². The molecule has 1 atom stereocenters. The Kier molecular flexibility index (Phi) is 2.86. The number of hydrogen-bond donors (Lipinski definition) is 0. The summed E-state index contributed by atoms with van der Waals surface area (Å²) in [5.74, 6) is -0.552. The van der Waals surface area contributed by atoms with Gasteiger partial charge < -0.3 is 0 Å². The molecule has 0 bridgehead atoms. The Morgan fingerprint density at radius 3 is 2.31 bits per heavy atom. The molecule has 0 saturated heterocycles. The first kappa shape index (κ1) is 11.7. The van der Waals surface area contributed by atoms with Gasteiger partial charge in [-0.05, 0) is 30.9 Å². The van der Waals surface area contributed by atoms with Crippen LogP contribution < -0.4 is 0 Å². The van der Waals surface area contributed by atoms with Crippen LogP contribution in [0.4, 0.5) is 13.2 Å². The minimum Gasteiger partial charge on any atom is -0.259 e. The van der Waals surface area contributed by atoms with Crippen molar-refractivity contribution in [3.63, 3.8) is 0 Å². The summed E-state index contributed by atoms with van der Waals surface area (Å²) in [6.45, 7) is 0. The van der Waals surface area contributed by atoms with Crippen LogP contribution in [0.15, 0.2) is 24.4 Å². The van der Waals surface area contributed by atoms with Crippen molar-refractivity contribution >= 4 is 11.6 Å². The summed E-state index contributed by atoms with van der Waals surface area (Å²) in [5, 5.41) is 0. The van der Waals surface area contributed by atoms with Crippen molar-refractivity contribution in [2.45, 2.75) is 30.3 Å². The molecule has 1 unspecified atom stereocenters. The van der Waals surface area contributed by atoms with E-state index in [1.165, 1.54) is 18.3 Å². The van der Waals surface area contributed by atoms with Crippen LogP contribution >= 0.6 is 11.6 Å². The molecule has 0 radical (unpaired) electrons. The molecule has 1 heterocycles.